The molecule has 1 N–H and O–H groups in total. The lowest BCUT2D eigenvalue weighted by molar-refractivity contribution is -0.142. The average molecular weight is 703 g/mol. The van der Waals surface area contributed by atoms with Crippen LogP contribution in [0.4, 0.5) is 5.69 Å². The smallest absolute Gasteiger partial charge is 0.354 e. The summed E-state index contributed by atoms with van der Waals surface area (Å²) in [6.07, 6.45) is 13.8. The summed E-state index contributed by atoms with van der Waals surface area (Å²) in [6.45, 7) is 1.71. The summed E-state index contributed by atoms with van der Waals surface area (Å²) in [5, 5.41) is 4.03. The van der Waals surface area contributed by atoms with E-state index < -0.39 is 0 Å². The molecule has 43 heavy (non-hydrogen) atoms. The van der Waals surface area contributed by atoms with Crippen LogP contribution in [0.5, 0.6) is 5.75 Å². The van der Waals surface area contributed by atoms with Gasteiger partial charge in [-0.1, -0.05) is 49.6 Å². The van der Waals surface area contributed by atoms with E-state index in [1.165, 1.54) is 12.7 Å². The van der Waals surface area contributed by atoms with E-state index in [-0.39, 0.29) is 11.9 Å². The van der Waals surface area contributed by atoms with Crippen molar-refractivity contribution in [3.63, 3.8) is 0 Å². The van der Waals surface area contributed by atoms with Crippen molar-refractivity contribution in [1.82, 2.24) is 4.57 Å². The Hall–Kier alpha value is -3.31. The van der Waals surface area contributed by atoms with Gasteiger partial charge in [0.05, 0.1) is 20.1 Å². The maximum absolute atomic E-state index is 12.5. The lowest BCUT2D eigenvalue weighted by atomic mass is 10.1. The van der Waals surface area contributed by atoms with Crippen LogP contribution in [-0.4, -0.2) is 51.0 Å². The number of benzene rings is 2. The highest BCUT2D eigenvalue weighted by Crippen LogP contribution is 2.27. The minimum atomic E-state index is -0.337. The molecule has 0 saturated carbocycles. The largest absolute Gasteiger partial charge is 0.489 e. The number of halogens is 1. The highest BCUT2D eigenvalue weighted by Gasteiger charge is 2.16. The number of nitrogens with zero attached hydrogens (tertiary/aromatic N) is 1. The Kier molecular flexibility index (Phi) is 15.2. The molecule has 4 rings (SSSR count). The van der Waals surface area contributed by atoms with Crippen molar-refractivity contribution in [1.29, 1.82) is 0 Å². The molecule has 8 nitrogen and oxygen atoms in total. The number of ether oxygens (including phenoxy) is 3. The third-order valence-electron chi connectivity index (χ3n) is 7.12. The van der Waals surface area contributed by atoms with Gasteiger partial charge >= 0.3 is 11.9 Å². The Bertz CT molecular complexity index is 1360. The van der Waals surface area contributed by atoms with Crippen LogP contribution in [0.25, 0.3) is 10.9 Å². The number of aryl methyl sites for hydroxylation is 1. The van der Waals surface area contributed by atoms with Crippen LogP contribution in [-0.2, 0) is 30.3 Å². The first-order valence-corrected chi connectivity index (χ1v) is 15.6. The number of esters is 2. The summed E-state index contributed by atoms with van der Waals surface area (Å²) >= 11 is 1.79. The zero-order valence-corrected chi connectivity index (χ0v) is 27.6. The van der Waals surface area contributed by atoms with Gasteiger partial charge in [-0.3, -0.25) is 4.79 Å². The van der Waals surface area contributed by atoms with Crippen LogP contribution in [0.1, 0.15) is 61.0 Å². The fourth-order valence-electron chi connectivity index (χ4n) is 4.89. The maximum Gasteiger partial charge on any atom is 0.354 e. The predicted molar refractivity (Wildman–Crippen MR) is 180 cm³/mol. The molecule has 0 saturated heterocycles. The van der Waals surface area contributed by atoms with E-state index in [9.17, 15) is 9.59 Å². The van der Waals surface area contributed by atoms with Gasteiger partial charge in [-0.25, -0.2) is 4.79 Å². The Morgan fingerprint density at radius 3 is 2.40 bits per heavy atom. The molecule has 0 fully saturated rings. The molecule has 0 atom stereocenters. The number of fused-ring (bicyclic) bond motifs is 1. The Morgan fingerprint density at radius 2 is 1.70 bits per heavy atom. The summed E-state index contributed by atoms with van der Waals surface area (Å²) in [4.78, 5) is 24.6. The Balaban J connectivity index is 0.00000162. The zero-order chi connectivity index (χ0) is 30.9. The quantitative estimate of drug-likeness (QED) is 0.0981. The molecule has 0 aliphatic heterocycles. The van der Waals surface area contributed by atoms with Crippen molar-refractivity contribution in [2.45, 2.75) is 57.9 Å². The van der Waals surface area contributed by atoms with Crippen LogP contribution in [0, 0.1) is 0 Å². The number of unbranched alkanes of at least 4 members (excludes halogenated alkanes) is 4. The molecule has 1 aromatic heterocycles. The third kappa shape index (κ3) is 11.4. The number of methoxy groups -OCH3 is 1. The second-order valence-electron chi connectivity index (χ2n) is 10.2. The molecular formula is C34H43IN2O6. The maximum atomic E-state index is 12.5. The first-order valence-electron chi connectivity index (χ1n) is 14.8. The summed E-state index contributed by atoms with van der Waals surface area (Å²) in [5.74, 6) is 0.257. The van der Waals surface area contributed by atoms with Gasteiger partial charge in [-0.2, -0.15) is 0 Å². The number of hydrogen-bond acceptors (Lipinski definition) is 7. The fraction of sp³-hybridized carbons (Fsp3) is 0.412. The van der Waals surface area contributed by atoms with Crippen molar-refractivity contribution in [2.24, 2.45) is 0 Å². The second-order valence-corrected chi connectivity index (χ2v) is 11.1. The third-order valence-corrected chi connectivity index (χ3v) is 7.12. The number of hydrogen-bond donors (Lipinski definition) is 1. The van der Waals surface area contributed by atoms with Gasteiger partial charge < -0.3 is 27.2 Å². The van der Waals surface area contributed by atoms with Crippen molar-refractivity contribution >= 4 is 51.5 Å². The highest BCUT2D eigenvalue weighted by molar-refractivity contribution is 14.1. The minimum Gasteiger partial charge on any atom is -0.489 e. The molecule has 0 spiro atoms. The second kappa shape index (κ2) is 19.1. The monoisotopic (exact) mass is 702 g/mol. The lowest BCUT2D eigenvalue weighted by Gasteiger charge is -2.11. The Morgan fingerprint density at radius 1 is 0.953 bits per heavy atom. The zero-order valence-electron chi connectivity index (χ0n) is 25.4. The van der Waals surface area contributed by atoms with E-state index in [4.69, 9.17) is 14.2 Å². The fourth-order valence-corrected chi connectivity index (χ4v) is 4.89. The normalized spacial score (nSPS) is 12.2. The summed E-state index contributed by atoms with van der Waals surface area (Å²) in [5.41, 5.74) is 4.71. The van der Waals surface area contributed by atoms with Crippen molar-refractivity contribution in [3.8, 4) is 5.75 Å². The number of allylic oxidation sites excluding steroid dienone is 2. The number of rotatable bonds is 15. The van der Waals surface area contributed by atoms with Gasteiger partial charge in [0, 0.05) is 37.3 Å². The molecule has 0 radical (unpaired) electrons. The van der Waals surface area contributed by atoms with Crippen LogP contribution in [0.3, 0.4) is 0 Å². The minimum absolute atomic E-state index is 0.191. The number of carbonyl (C=O) groups excluding carboxylic acids is 2. The lowest BCUT2D eigenvalue weighted by Crippen LogP contribution is -2.11. The summed E-state index contributed by atoms with van der Waals surface area (Å²) in [7, 11) is 4.89. The number of carbonyl (C=O) groups is 2. The van der Waals surface area contributed by atoms with Gasteiger partial charge in [-0.15, -0.1) is 0 Å². The molecule has 3 aromatic rings. The molecule has 9 heteroatoms. The predicted octanol–water partition coefficient (Wildman–Crippen LogP) is 7.84. The summed E-state index contributed by atoms with van der Waals surface area (Å²) < 4.78 is 22.7. The molecule has 2 aromatic carbocycles. The van der Waals surface area contributed by atoms with E-state index in [1.54, 1.807) is 30.1 Å². The first-order chi connectivity index (χ1) is 21.0. The molecule has 0 bridgehead atoms. The van der Waals surface area contributed by atoms with E-state index in [1.807, 2.05) is 60.1 Å². The number of anilines is 1. The van der Waals surface area contributed by atoms with Gasteiger partial charge in [-0.05, 0) is 73.2 Å². The van der Waals surface area contributed by atoms with Crippen LogP contribution >= 0.6 is 23.0 Å². The molecule has 1 aliphatic carbocycles. The number of aromatic nitrogens is 1. The van der Waals surface area contributed by atoms with Gasteiger partial charge in [0.15, 0.2) is 0 Å². The molecular weight excluding hydrogens is 659 g/mol. The van der Waals surface area contributed by atoms with E-state index in [0.717, 1.165) is 79.4 Å². The van der Waals surface area contributed by atoms with Crippen molar-refractivity contribution in [2.75, 3.05) is 39.8 Å². The summed E-state index contributed by atoms with van der Waals surface area (Å²) in [6, 6.07) is 15.6. The van der Waals surface area contributed by atoms with Crippen LogP contribution < -0.4 is 10.1 Å². The molecule has 232 valence electrons. The molecule has 0 amide bonds. The average Bonchev–Trinajstić information content (AvgIpc) is 3.39. The van der Waals surface area contributed by atoms with Gasteiger partial charge in [0.2, 0.25) is 0 Å². The van der Waals surface area contributed by atoms with Crippen molar-refractivity contribution < 1.29 is 26.9 Å². The SMILES string of the molecule is CNc1ccc(CC(=O)OCCCCCCCn2c(C(=O)OC)cc3cc(OCC4=CCCC=C4)ccc32)cc1.COI. The van der Waals surface area contributed by atoms with Crippen molar-refractivity contribution in [3.05, 3.63) is 83.6 Å². The van der Waals surface area contributed by atoms with E-state index >= 15 is 0 Å². The van der Waals surface area contributed by atoms with Crippen LogP contribution in [0.15, 0.2) is 72.3 Å². The van der Waals surface area contributed by atoms with Gasteiger partial charge in [0.1, 0.15) is 41.1 Å². The molecule has 1 aliphatic rings. The van der Waals surface area contributed by atoms with Gasteiger partial charge in [0.25, 0.3) is 0 Å². The molecule has 0 unspecified atom stereocenters. The van der Waals surface area contributed by atoms with E-state index in [0.29, 0.717) is 25.3 Å². The number of nitrogens with one attached hydrogen (secondary N) is 1. The van der Waals surface area contributed by atoms with E-state index in [2.05, 4.69) is 26.6 Å². The molecule has 1 heterocycles. The topological polar surface area (TPSA) is 88.0 Å². The standard InChI is InChI=1S/C33H40N2O5.CH3IO/c1-34-28-15-13-25(14-16-28)21-32(36)39-20-10-5-3-4-9-19-35-30-18-17-29(40-24-26-11-7-6-8-12-26)22-27(30)23-31(35)33(37)38-2;1-3-2/h7,11-18,22-23,34H,3-6,8-10,19-21,24H2,1-2H3;1H3. The first kappa shape index (κ1) is 34.2. The highest BCUT2D eigenvalue weighted by atomic mass is 127. The van der Waals surface area contributed by atoms with Crippen LogP contribution in [0.2, 0.25) is 0 Å². The Labute approximate surface area is 269 Å².